The monoisotopic (exact) mass is 524 g/mol. The van der Waals surface area contributed by atoms with Crippen LogP contribution in [0.15, 0.2) is 81.4 Å². The van der Waals surface area contributed by atoms with Crippen LogP contribution in [0.2, 0.25) is 0 Å². The number of nitrogens with zero attached hydrogens (tertiary/aromatic N) is 3. The highest BCUT2D eigenvalue weighted by atomic mass is 32.2. The first-order chi connectivity index (χ1) is 17.9. The van der Waals surface area contributed by atoms with Crippen molar-refractivity contribution >= 4 is 37.6 Å². The van der Waals surface area contributed by atoms with E-state index >= 15 is 0 Å². The van der Waals surface area contributed by atoms with Gasteiger partial charge in [-0.2, -0.15) is 0 Å². The topological polar surface area (TPSA) is 161 Å². The number of pyridine rings is 1. The smallest absolute Gasteiger partial charge is 0.415 e. The van der Waals surface area contributed by atoms with Crippen molar-refractivity contribution in [1.82, 2.24) is 15.1 Å². The third-order valence-electron chi connectivity index (χ3n) is 5.38. The number of aromatic amines is 1. The Balaban J connectivity index is 1.10. The van der Waals surface area contributed by atoms with Gasteiger partial charge in [0.2, 0.25) is 0 Å². The molecule has 5 aromatic rings. The van der Waals surface area contributed by atoms with Crippen molar-refractivity contribution in [1.29, 1.82) is 0 Å². The number of ether oxygens (including phenoxy) is 3. The van der Waals surface area contributed by atoms with E-state index in [0.29, 0.717) is 0 Å². The molecule has 0 fully saturated rings. The van der Waals surface area contributed by atoms with Gasteiger partial charge in [-0.3, -0.25) is 4.63 Å². The van der Waals surface area contributed by atoms with Gasteiger partial charge in [0.25, 0.3) is 9.84 Å². The number of sulfone groups is 1. The number of para-hydroxylation sites is 1. The normalized spacial score (nSPS) is 11.7. The molecule has 12 nitrogen and oxygen atoms in total. The Morgan fingerprint density at radius 1 is 0.973 bits per heavy atom. The number of fused-ring (bicyclic) bond motifs is 3. The number of esters is 1. The lowest BCUT2D eigenvalue weighted by Crippen LogP contribution is -2.31. The number of hydrogen-bond acceptors (Lipinski definition) is 10. The first-order valence-corrected chi connectivity index (χ1v) is 12.6. The predicted octanol–water partition coefficient (Wildman–Crippen LogP) is 2.42. The van der Waals surface area contributed by atoms with Gasteiger partial charge in [-0.05, 0) is 29.2 Å². The molecular formula is C24H20N4O8S. The molecule has 3 heterocycles. The van der Waals surface area contributed by atoms with Crippen molar-refractivity contribution in [2.45, 2.75) is 9.92 Å². The van der Waals surface area contributed by atoms with Gasteiger partial charge in [0.05, 0.1) is 35.0 Å². The summed E-state index contributed by atoms with van der Waals surface area (Å²) >= 11 is 0. The Kier molecular flexibility index (Phi) is 6.70. The van der Waals surface area contributed by atoms with Crippen LogP contribution in [0.25, 0.3) is 21.8 Å². The van der Waals surface area contributed by atoms with Gasteiger partial charge >= 0.3 is 16.9 Å². The van der Waals surface area contributed by atoms with E-state index in [1.807, 2.05) is 24.3 Å². The number of aromatic nitrogens is 4. The fourth-order valence-electron chi connectivity index (χ4n) is 3.67. The quantitative estimate of drug-likeness (QED) is 0.163. The summed E-state index contributed by atoms with van der Waals surface area (Å²) in [5.41, 5.74) is 1.93. The second-order valence-corrected chi connectivity index (χ2v) is 9.60. The fraction of sp³-hybridized carbons (Fsp3) is 0.167. The van der Waals surface area contributed by atoms with E-state index in [2.05, 4.69) is 19.8 Å². The summed E-state index contributed by atoms with van der Waals surface area (Å²) in [5.74, 6) is -1.07. The van der Waals surface area contributed by atoms with Crippen LogP contribution in [0.3, 0.4) is 0 Å². The third-order valence-corrected chi connectivity index (χ3v) is 7.11. The standard InChI is InChI=1S/C24H20N4O8S/c29-24(20-14-18-17-8-4-5-9-19(17)26-21(18)15-25-20)35-13-11-33-10-12-34-22-23(28(30)36-27-22)37(31,32)16-6-2-1-3-7-16/h1-9,14-15,26H,10-13H2. The molecule has 190 valence electrons. The van der Waals surface area contributed by atoms with Crippen molar-refractivity contribution < 1.29 is 37.0 Å². The molecule has 0 amide bonds. The third kappa shape index (κ3) is 4.94. The molecule has 13 heteroatoms. The Bertz CT molecular complexity index is 1660. The molecule has 0 radical (unpaired) electrons. The maximum Gasteiger partial charge on any atom is 0.415 e. The van der Waals surface area contributed by atoms with Gasteiger partial charge in [-0.1, -0.05) is 36.4 Å². The van der Waals surface area contributed by atoms with E-state index in [1.165, 1.54) is 24.3 Å². The lowest BCUT2D eigenvalue weighted by molar-refractivity contribution is -0.832. The summed E-state index contributed by atoms with van der Waals surface area (Å²) < 4.78 is 45.7. The lowest BCUT2D eigenvalue weighted by Gasteiger charge is -2.06. The van der Waals surface area contributed by atoms with Crippen LogP contribution >= 0.6 is 0 Å². The number of H-pyrrole nitrogens is 1. The zero-order valence-corrected chi connectivity index (χ0v) is 20.0. The minimum absolute atomic E-state index is 0.00758. The lowest BCUT2D eigenvalue weighted by atomic mass is 10.1. The van der Waals surface area contributed by atoms with Crippen LogP contribution in [0.5, 0.6) is 5.88 Å². The first kappa shape index (κ1) is 24.2. The molecule has 3 aromatic heterocycles. The molecule has 5 rings (SSSR count). The van der Waals surface area contributed by atoms with Crippen LogP contribution in [-0.2, 0) is 19.3 Å². The van der Waals surface area contributed by atoms with Crippen molar-refractivity contribution in [2.24, 2.45) is 0 Å². The molecule has 2 aromatic carbocycles. The number of nitrogens with one attached hydrogen (secondary N) is 1. The number of rotatable bonds is 10. The van der Waals surface area contributed by atoms with E-state index in [4.69, 9.17) is 14.2 Å². The van der Waals surface area contributed by atoms with Gasteiger partial charge in [0.15, 0.2) is 0 Å². The molecule has 0 atom stereocenters. The maximum absolute atomic E-state index is 12.7. The molecule has 0 unspecified atom stereocenters. The molecule has 0 aliphatic rings. The summed E-state index contributed by atoms with van der Waals surface area (Å²) in [4.78, 5) is 19.5. The number of hydrogen-bond donors (Lipinski definition) is 1. The summed E-state index contributed by atoms with van der Waals surface area (Å²) in [5, 5.41) is 16.3. The van der Waals surface area contributed by atoms with Crippen molar-refractivity contribution in [3.63, 3.8) is 0 Å². The first-order valence-electron chi connectivity index (χ1n) is 11.1. The van der Waals surface area contributed by atoms with Crippen molar-refractivity contribution in [2.75, 3.05) is 26.4 Å². The average Bonchev–Trinajstić information content (AvgIpc) is 3.48. The molecule has 0 aliphatic heterocycles. The maximum atomic E-state index is 12.7. The summed E-state index contributed by atoms with van der Waals surface area (Å²) in [6.07, 6.45) is 1.58. The highest BCUT2D eigenvalue weighted by Gasteiger charge is 2.35. The molecule has 0 bridgehead atoms. The number of carbonyl (C=O) groups excluding carboxylic acids is 1. The van der Waals surface area contributed by atoms with Gasteiger partial charge in [0.1, 0.15) is 18.9 Å². The largest absolute Gasteiger partial charge is 0.459 e. The van der Waals surface area contributed by atoms with E-state index in [-0.39, 0.29) is 41.9 Å². The minimum Gasteiger partial charge on any atom is -0.459 e. The second-order valence-electron chi connectivity index (χ2n) is 7.74. The van der Waals surface area contributed by atoms with E-state index < -0.39 is 26.7 Å². The van der Waals surface area contributed by atoms with Crippen molar-refractivity contribution in [3.05, 3.63) is 77.8 Å². The fourth-order valence-corrected chi connectivity index (χ4v) is 4.96. The summed E-state index contributed by atoms with van der Waals surface area (Å²) in [6, 6.07) is 16.8. The Hall–Kier alpha value is -4.49. The molecule has 0 saturated carbocycles. The zero-order valence-electron chi connectivity index (χ0n) is 19.2. The van der Waals surface area contributed by atoms with Crippen LogP contribution < -0.4 is 9.64 Å². The Morgan fingerprint density at radius 2 is 1.73 bits per heavy atom. The second kappa shape index (κ2) is 10.2. The van der Waals surface area contributed by atoms with E-state index in [1.54, 1.807) is 18.3 Å². The average molecular weight is 525 g/mol. The van der Waals surface area contributed by atoms with Crippen LogP contribution in [0.1, 0.15) is 10.5 Å². The molecule has 0 aliphatic carbocycles. The van der Waals surface area contributed by atoms with E-state index in [0.717, 1.165) is 21.8 Å². The van der Waals surface area contributed by atoms with Crippen LogP contribution in [-0.4, -0.2) is 55.9 Å². The molecule has 1 N–H and O–H groups in total. The Labute approximate surface area is 209 Å². The summed E-state index contributed by atoms with van der Waals surface area (Å²) in [7, 11) is -4.20. The summed E-state index contributed by atoms with van der Waals surface area (Å²) in [6.45, 7) is -0.102. The van der Waals surface area contributed by atoms with Gasteiger partial charge in [-0.25, -0.2) is 18.2 Å². The van der Waals surface area contributed by atoms with Gasteiger partial charge in [0, 0.05) is 16.3 Å². The van der Waals surface area contributed by atoms with Crippen LogP contribution in [0.4, 0.5) is 0 Å². The number of carbonyl (C=O) groups is 1. The van der Waals surface area contributed by atoms with Crippen molar-refractivity contribution in [3.8, 4) is 5.88 Å². The molecule has 0 saturated heterocycles. The molecule has 0 spiro atoms. The van der Waals surface area contributed by atoms with E-state index in [9.17, 15) is 18.4 Å². The Morgan fingerprint density at radius 3 is 2.57 bits per heavy atom. The van der Waals surface area contributed by atoms with Gasteiger partial charge < -0.3 is 24.4 Å². The number of benzene rings is 2. The molecule has 37 heavy (non-hydrogen) atoms. The van der Waals surface area contributed by atoms with Gasteiger partial charge in [-0.15, -0.1) is 0 Å². The highest BCUT2D eigenvalue weighted by Crippen LogP contribution is 2.26. The zero-order chi connectivity index (χ0) is 25.8. The minimum atomic E-state index is -4.20. The van der Waals surface area contributed by atoms with Crippen LogP contribution in [0, 0.1) is 5.21 Å². The molecular weight excluding hydrogens is 504 g/mol. The SMILES string of the molecule is O=C(OCCOCCOc1no[n+]([O-])c1S(=O)(=O)c1ccccc1)c1cc2c(cn1)[nH]c1ccccc12. The predicted molar refractivity (Wildman–Crippen MR) is 128 cm³/mol. The highest BCUT2D eigenvalue weighted by molar-refractivity contribution is 7.91.